The lowest BCUT2D eigenvalue weighted by Crippen LogP contribution is -2.48. The molecule has 0 fully saturated rings. The summed E-state index contributed by atoms with van der Waals surface area (Å²) in [5.74, 6) is 0.473. The highest BCUT2D eigenvalue weighted by atomic mass is 32.3. The fourth-order valence-corrected chi connectivity index (χ4v) is 5.41. The Morgan fingerprint density at radius 2 is 1.95 bits per heavy atom. The average molecular weight is 540 g/mol. The number of ketones is 1. The average Bonchev–Trinajstić information content (AvgIpc) is 3.58. The van der Waals surface area contributed by atoms with Gasteiger partial charge in [0.05, 0.1) is 12.1 Å². The Bertz CT molecular complexity index is 1530. The van der Waals surface area contributed by atoms with E-state index in [1.165, 1.54) is 0 Å². The Labute approximate surface area is 221 Å². The highest BCUT2D eigenvalue weighted by Gasteiger charge is 2.40. The van der Waals surface area contributed by atoms with Crippen molar-refractivity contribution in [2.75, 3.05) is 13.2 Å². The van der Waals surface area contributed by atoms with Crippen LogP contribution in [0.3, 0.4) is 0 Å². The second kappa shape index (κ2) is 9.04. The second-order valence-electron chi connectivity index (χ2n) is 11.0. The number of benzene rings is 2. The fourth-order valence-electron chi connectivity index (χ4n) is 4.71. The first-order valence-corrected chi connectivity index (χ1v) is 13.8. The molecule has 0 saturated carbocycles. The molecular formula is C27H31N4O6S+. The van der Waals surface area contributed by atoms with Crippen LogP contribution in [0.1, 0.15) is 73.4 Å². The van der Waals surface area contributed by atoms with Gasteiger partial charge in [-0.15, -0.1) is 4.55 Å². The van der Waals surface area contributed by atoms with Crippen molar-refractivity contribution in [3.05, 3.63) is 64.3 Å². The Kier molecular flexibility index (Phi) is 6.20. The SMILES string of the molecule is CC(C)(C)OC(=O)N[S+](=O)(O)NCCOc1ccc2c(c1)C(C)(C)c1[nH]c3cc(C4C=N4)ccc3c1C2=O. The minimum Gasteiger partial charge on any atom is -0.492 e. The monoisotopic (exact) mass is 539 g/mol. The fraction of sp³-hybridized carbons (Fsp3) is 0.370. The van der Waals surface area contributed by atoms with Gasteiger partial charge >= 0.3 is 16.7 Å². The molecule has 1 aromatic heterocycles. The molecule has 0 bridgehead atoms. The number of hydrogen-bond donors (Lipinski definition) is 4. The summed E-state index contributed by atoms with van der Waals surface area (Å²) in [6, 6.07) is 11.5. The zero-order valence-electron chi connectivity index (χ0n) is 21.9. The Morgan fingerprint density at radius 3 is 2.63 bits per heavy atom. The van der Waals surface area contributed by atoms with Gasteiger partial charge in [-0.2, -0.15) is 0 Å². The quantitative estimate of drug-likeness (QED) is 0.258. The van der Waals surface area contributed by atoms with Crippen molar-refractivity contribution in [1.29, 1.82) is 0 Å². The smallest absolute Gasteiger partial charge is 0.453 e. The first kappa shape index (κ1) is 26.1. The number of ether oxygens (including phenoxy) is 2. The normalized spacial score (nSPS) is 18.9. The molecule has 4 N–H and O–H groups in total. The summed E-state index contributed by atoms with van der Waals surface area (Å²) in [6.07, 6.45) is 0.885. The van der Waals surface area contributed by atoms with Gasteiger partial charge in [-0.3, -0.25) is 9.79 Å². The number of hydrogen-bond acceptors (Lipinski definition) is 6. The van der Waals surface area contributed by atoms with Crippen LogP contribution in [0.5, 0.6) is 5.75 Å². The summed E-state index contributed by atoms with van der Waals surface area (Å²) in [5, 5.41) is 0.895. The van der Waals surface area contributed by atoms with Crippen LogP contribution in [-0.2, 0) is 24.9 Å². The van der Waals surface area contributed by atoms with Crippen LogP contribution >= 0.6 is 0 Å². The molecule has 0 radical (unpaired) electrons. The molecular weight excluding hydrogens is 508 g/mol. The minimum absolute atomic E-state index is 0.0241. The lowest BCUT2D eigenvalue weighted by Gasteiger charge is -2.32. The number of nitrogens with zero attached hydrogens (tertiary/aromatic N) is 1. The predicted molar refractivity (Wildman–Crippen MR) is 145 cm³/mol. The van der Waals surface area contributed by atoms with Gasteiger partial charge in [-0.1, -0.05) is 35.4 Å². The molecule has 1 aliphatic heterocycles. The van der Waals surface area contributed by atoms with Crippen molar-refractivity contribution < 1.29 is 27.8 Å². The van der Waals surface area contributed by atoms with Crippen molar-refractivity contribution in [1.82, 2.24) is 14.4 Å². The van der Waals surface area contributed by atoms with Gasteiger partial charge in [-0.25, -0.2) is 4.79 Å². The molecule has 1 aliphatic carbocycles. The number of aromatic nitrogens is 1. The zero-order chi connectivity index (χ0) is 27.5. The molecule has 2 aromatic carbocycles. The second-order valence-corrected chi connectivity index (χ2v) is 12.5. The molecule has 2 atom stereocenters. The number of aliphatic imine (C=N–C) groups is 1. The van der Waals surface area contributed by atoms with Crippen molar-refractivity contribution >= 4 is 39.6 Å². The minimum atomic E-state index is -3.86. The maximum absolute atomic E-state index is 13.6. The third-order valence-electron chi connectivity index (χ3n) is 6.51. The van der Waals surface area contributed by atoms with E-state index in [9.17, 15) is 18.4 Å². The molecule has 3 aromatic rings. The summed E-state index contributed by atoms with van der Waals surface area (Å²) in [6.45, 7) is 9.10. The first-order chi connectivity index (χ1) is 17.7. The molecule has 10 nitrogen and oxygen atoms in total. The van der Waals surface area contributed by atoms with Crippen molar-refractivity contribution in [2.45, 2.75) is 51.7 Å². The van der Waals surface area contributed by atoms with Crippen LogP contribution in [0.25, 0.3) is 10.9 Å². The molecule has 2 unspecified atom stereocenters. The van der Waals surface area contributed by atoms with Crippen LogP contribution in [-0.4, -0.2) is 46.4 Å². The summed E-state index contributed by atoms with van der Waals surface area (Å²) in [5.41, 5.74) is 3.69. The van der Waals surface area contributed by atoms with Gasteiger partial charge in [0.15, 0.2) is 5.78 Å². The molecule has 11 heteroatoms. The number of aromatic amines is 1. The third kappa shape index (κ3) is 5.09. The van der Waals surface area contributed by atoms with E-state index in [1.807, 2.05) is 29.1 Å². The van der Waals surface area contributed by atoms with Gasteiger partial charge in [-0.05, 0) is 60.4 Å². The number of nitrogens with one attached hydrogen (secondary N) is 3. The lowest BCUT2D eigenvalue weighted by atomic mass is 9.71. The summed E-state index contributed by atoms with van der Waals surface area (Å²) < 4.78 is 37.2. The van der Waals surface area contributed by atoms with Gasteiger partial charge < -0.3 is 14.5 Å². The summed E-state index contributed by atoms with van der Waals surface area (Å²) >= 11 is 0. The maximum Gasteiger partial charge on any atom is 0.453 e. The van der Waals surface area contributed by atoms with E-state index in [-0.39, 0.29) is 25.0 Å². The number of rotatable bonds is 7. The maximum atomic E-state index is 13.6. The Hall–Kier alpha value is -3.54. The molecule has 5 rings (SSSR count). The molecule has 200 valence electrons. The lowest BCUT2D eigenvalue weighted by molar-refractivity contribution is 0.0566. The van der Waals surface area contributed by atoms with Gasteiger partial charge in [0, 0.05) is 33.8 Å². The van der Waals surface area contributed by atoms with Gasteiger partial charge in [0.25, 0.3) is 0 Å². The van der Waals surface area contributed by atoms with Crippen LogP contribution in [0.4, 0.5) is 4.79 Å². The Balaban J connectivity index is 1.28. The van der Waals surface area contributed by atoms with E-state index in [4.69, 9.17) is 9.47 Å². The van der Waals surface area contributed by atoms with Crippen LogP contribution in [0.15, 0.2) is 41.4 Å². The van der Waals surface area contributed by atoms with E-state index >= 15 is 0 Å². The van der Waals surface area contributed by atoms with Crippen molar-refractivity contribution in [3.8, 4) is 5.75 Å². The number of carbonyl (C=O) groups is 2. The van der Waals surface area contributed by atoms with Gasteiger partial charge in [0.2, 0.25) is 0 Å². The molecule has 0 spiro atoms. The topological polar surface area (TPSA) is 142 Å². The summed E-state index contributed by atoms with van der Waals surface area (Å²) in [4.78, 5) is 33.1. The van der Waals surface area contributed by atoms with Crippen LogP contribution < -0.4 is 14.2 Å². The largest absolute Gasteiger partial charge is 0.492 e. The number of fused-ring (bicyclic) bond motifs is 4. The third-order valence-corrected chi connectivity index (χ3v) is 7.55. The van der Waals surface area contributed by atoms with Crippen molar-refractivity contribution in [3.63, 3.8) is 0 Å². The van der Waals surface area contributed by atoms with E-state index in [2.05, 4.69) is 34.6 Å². The molecule has 1 amide bonds. The molecule has 38 heavy (non-hydrogen) atoms. The highest BCUT2D eigenvalue weighted by Crippen LogP contribution is 2.45. The van der Waals surface area contributed by atoms with E-state index in [1.54, 1.807) is 32.9 Å². The highest BCUT2D eigenvalue weighted by molar-refractivity contribution is 7.94. The number of H-pyrrole nitrogens is 1. The van der Waals surface area contributed by atoms with E-state index in [0.717, 1.165) is 27.7 Å². The number of amides is 1. The Morgan fingerprint density at radius 1 is 1.21 bits per heavy atom. The zero-order valence-corrected chi connectivity index (χ0v) is 22.7. The van der Waals surface area contributed by atoms with E-state index < -0.39 is 27.7 Å². The first-order valence-electron chi connectivity index (χ1n) is 12.3. The van der Waals surface area contributed by atoms with Crippen molar-refractivity contribution in [2.24, 2.45) is 4.99 Å². The molecule has 2 aliphatic rings. The summed E-state index contributed by atoms with van der Waals surface area (Å²) in [7, 11) is -3.86. The molecule has 2 heterocycles. The van der Waals surface area contributed by atoms with Gasteiger partial charge in [0.1, 0.15) is 24.0 Å². The standard InChI is InChI=1S/C27H30N4O6S/c1-26(2,3)37-25(33)31-38(34,35)29-10-11-36-16-7-9-17-19(13-16)27(4,5)24-22(23(17)32)18-8-6-15(21-14-28-21)12-20(18)30-24/h6-9,12-14,21H,10-11H2,1-5H3,(H3-,29,30,31,32,33,34,35)/p+1. The predicted octanol–water partition coefficient (Wildman–Crippen LogP) is 4.46. The van der Waals surface area contributed by atoms with Crippen LogP contribution in [0.2, 0.25) is 0 Å². The van der Waals surface area contributed by atoms with E-state index in [0.29, 0.717) is 16.9 Å². The van der Waals surface area contributed by atoms with Crippen LogP contribution in [0, 0.1) is 0 Å². The molecule has 0 saturated heterocycles. The number of carbonyl (C=O) groups excluding carboxylic acids is 2.